The quantitative estimate of drug-likeness (QED) is 0.349. The number of rotatable bonds is 3. The van der Waals surface area contributed by atoms with E-state index in [0.717, 1.165) is 17.3 Å². The number of aryl methyl sites for hydroxylation is 6. The summed E-state index contributed by atoms with van der Waals surface area (Å²) in [5.74, 6) is 3.34. The highest BCUT2D eigenvalue weighted by Gasteiger charge is 2.09. The zero-order valence-electron chi connectivity index (χ0n) is 20.8. The molecule has 3 heterocycles. The molecule has 0 atom stereocenters. The molecule has 0 amide bonds. The van der Waals surface area contributed by atoms with E-state index in [4.69, 9.17) is 4.42 Å². The molecule has 200 valence electrons. The minimum atomic E-state index is 0. The van der Waals surface area contributed by atoms with E-state index in [1.165, 1.54) is 31.2 Å². The average Bonchev–Trinajstić information content (AvgIpc) is 3.26. The molecule has 0 aliphatic rings. The van der Waals surface area contributed by atoms with Crippen molar-refractivity contribution in [3.63, 3.8) is 0 Å². The van der Waals surface area contributed by atoms with E-state index < -0.39 is 0 Å². The van der Waals surface area contributed by atoms with Crippen molar-refractivity contribution in [2.75, 3.05) is 0 Å². The summed E-state index contributed by atoms with van der Waals surface area (Å²) in [6.07, 6.45) is 0. The van der Waals surface area contributed by atoms with Gasteiger partial charge in [-0.3, -0.25) is 0 Å². The zero-order valence-corrected chi connectivity index (χ0v) is 22.4. The molecule has 0 aromatic carbocycles. The first kappa shape index (κ1) is 39.7. The minimum absolute atomic E-state index is 0. The molecule has 3 aromatic heterocycles. The van der Waals surface area contributed by atoms with E-state index in [-0.39, 0.29) is 29.7 Å². The van der Waals surface area contributed by atoms with Crippen molar-refractivity contribution in [1.82, 2.24) is 15.0 Å². The summed E-state index contributed by atoms with van der Waals surface area (Å²) in [7, 11) is 0. The predicted octanol–water partition coefficient (Wildman–Crippen LogP) is 10.7. The molecular weight excluding hydrogens is 458 g/mol. The maximum absolute atomic E-state index is 5.26. The molecular formula is C28H55N3OS2. The fourth-order valence-corrected chi connectivity index (χ4v) is 4.80. The van der Waals surface area contributed by atoms with Crippen molar-refractivity contribution in [3.8, 4) is 0 Å². The van der Waals surface area contributed by atoms with E-state index in [1.807, 2.05) is 25.2 Å². The summed E-state index contributed by atoms with van der Waals surface area (Å²) in [5, 5.41) is 2.44. The zero-order chi connectivity index (χ0) is 23.2. The van der Waals surface area contributed by atoms with Gasteiger partial charge in [-0.25, -0.2) is 15.0 Å². The summed E-state index contributed by atoms with van der Waals surface area (Å²) in [6, 6.07) is 0. The Morgan fingerprint density at radius 2 is 1.09 bits per heavy atom. The predicted molar refractivity (Wildman–Crippen MR) is 158 cm³/mol. The van der Waals surface area contributed by atoms with Gasteiger partial charge in [-0.1, -0.05) is 71.2 Å². The van der Waals surface area contributed by atoms with Gasteiger partial charge in [0.15, 0.2) is 5.89 Å². The maximum atomic E-state index is 5.26. The van der Waals surface area contributed by atoms with E-state index >= 15 is 0 Å². The molecule has 6 heteroatoms. The van der Waals surface area contributed by atoms with Crippen LogP contribution in [-0.4, -0.2) is 15.0 Å². The first-order valence-corrected chi connectivity index (χ1v) is 12.3. The van der Waals surface area contributed by atoms with Crippen LogP contribution in [-0.2, 0) is 0 Å². The highest BCUT2D eigenvalue weighted by Crippen LogP contribution is 2.24. The van der Waals surface area contributed by atoms with Gasteiger partial charge in [0, 0.05) is 22.6 Å². The van der Waals surface area contributed by atoms with Crippen LogP contribution in [0.1, 0.15) is 138 Å². The smallest absolute Gasteiger partial charge is 0.191 e. The maximum Gasteiger partial charge on any atom is 0.191 e. The summed E-state index contributed by atoms with van der Waals surface area (Å²) in [5.41, 5.74) is 3.54. The van der Waals surface area contributed by atoms with Crippen LogP contribution in [0.15, 0.2) is 4.42 Å². The van der Waals surface area contributed by atoms with Gasteiger partial charge in [-0.2, -0.15) is 0 Å². The normalized spacial score (nSPS) is 9.62. The highest BCUT2D eigenvalue weighted by molar-refractivity contribution is 7.12. The topological polar surface area (TPSA) is 51.8 Å². The van der Waals surface area contributed by atoms with Crippen molar-refractivity contribution in [3.05, 3.63) is 48.5 Å². The lowest BCUT2D eigenvalue weighted by molar-refractivity contribution is 0.492. The van der Waals surface area contributed by atoms with Gasteiger partial charge in [-0.15, -0.1) is 22.7 Å². The van der Waals surface area contributed by atoms with Crippen LogP contribution in [0.3, 0.4) is 0 Å². The summed E-state index contributed by atoms with van der Waals surface area (Å²) in [6.45, 7) is 25.2. The van der Waals surface area contributed by atoms with E-state index in [0.29, 0.717) is 17.8 Å². The molecule has 0 aliphatic carbocycles. The van der Waals surface area contributed by atoms with Gasteiger partial charge in [-0.05, 0) is 46.5 Å². The van der Waals surface area contributed by atoms with Crippen LogP contribution in [0.25, 0.3) is 0 Å². The molecule has 0 radical (unpaired) electrons. The Morgan fingerprint density at radius 1 is 0.588 bits per heavy atom. The lowest BCUT2D eigenvalue weighted by Crippen LogP contribution is -1.89. The third-order valence-corrected chi connectivity index (χ3v) is 6.79. The number of oxazole rings is 1. The third kappa shape index (κ3) is 12.3. The first-order chi connectivity index (χ1) is 13.8. The average molecular weight is 514 g/mol. The molecule has 3 rings (SSSR count). The Balaban J connectivity index is -0.000000187. The Kier molecular flexibility index (Phi) is 20.8. The fraction of sp³-hybridized carbons (Fsp3) is 0.679. The van der Waals surface area contributed by atoms with Gasteiger partial charge in [0.1, 0.15) is 5.76 Å². The molecule has 0 bridgehead atoms. The molecule has 0 saturated heterocycles. The van der Waals surface area contributed by atoms with Crippen LogP contribution in [0.5, 0.6) is 0 Å². The number of hydrogen-bond donors (Lipinski definition) is 0. The summed E-state index contributed by atoms with van der Waals surface area (Å²) < 4.78 is 5.26. The lowest BCUT2D eigenvalue weighted by Gasteiger charge is -1.99. The number of aromatic nitrogens is 3. The van der Waals surface area contributed by atoms with Gasteiger partial charge in [0.2, 0.25) is 0 Å². The number of nitrogens with zero attached hydrogens (tertiary/aromatic N) is 3. The third-order valence-electron chi connectivity index (χ3n) is 4.51. The van der Waals surface area contributed by atoms with Crippen LogP contribution in [0.4, 0.5) is 0 Å². The number of hydrogen-bond acceptors (Lipinski definition) is 6. The van der Waals surface area contributed by atoms with E-state index in [2.05, 4.69) is 84.2 Å². The largest absolute Gasteiger partial charge is 0.446 e. The van der Waals surface area contributed by atoms with Crippen LogP contribution >= 0.6 is 22.7 Å². The molecule has 0 N–H and O–H groups in total. The second-order valence-electron chi connectivity index (χ2n) is 8.51. The summed E-state index contributed by atoms with van der Waals surface area (Å²) >= 11 is 3.60. The van der Waals surface area contributed by atoms with Crippen molar-refractivity contribution < 1.29 is 4.42 Å². The second kappa shape index (κ2) is 17.8. The summed E-state index contributed by atoms with van der Waals surface area (Å²) in [4.78, 5) is 15.8. The Bertz CT molecular complexity index is 849. The standard InChI is InChI=1S/C8H13NO.2C8H13NS.4CH4/c2*1-5(2)8-6(3)10-7(4)9-8;1-5(2)8-9-6(3)7(4)10-8;;;;/h3*5H,1-4H3;4*1H4. The number of thiazole rings is 2. The minimum Gasteiger partial charge on any atom is -0.446 e. The van der Waals surface area contributed by atoms with Crippen LogP contribution in [0.2, 0.25) is 0 Å². The molecule has 0 spiro atoms. The molecule has 0 unspecified atom stereocenters. The lowest BCUT2D eigenvalue weighted by atomic mass is 10.1. The van der Waals surface area contributed by atoms with Crippen molar-refractivity contribution in [2.24, 2.45) is 0 Å². The van der Waals surface area contributed by atoms with E-state index in [9.17, 15) is 0 Å². The molecule has 0 fully saturated rings. The van der Waals surface area contributed by atoms with Gasteiger partial charge < -0.3 is 4.42 Å². The molecule has 3 aromatic rings. The highest BCUT2D eigenvalue weighted by atomic mass is 32.1. The Hall–Kier alpha value is -1.53. The first-order valence-electron chi connectivity index (χ1n) is 10.6. The van der Waals surface area contributed by atoms with Crippen molar-refractivity contribution in [2.45, 2.75) is 131 Å². The Labute approximate surface area is 220 Å². The van der Waals surface area contributed by atoms with Gasteiger partial charge >= 0.3 is 0 Å². The van der Waals surface area contributed by atoms with Crippen molar-refractivity contribution >= 4 is 22.7 Å². The van der Waals surface area contributed by atoms with Crippen LogP contribution in [0, 0.1) is 41.5 Å². The monoisotopic (exact) mass is 513 g/mol. The van der Waals surface area contributed by atoms with Gasteiger partial charge in [0.25, 0.3) is 0 Å². The second-order valence-corrected chi connectivity index (χ2v) is 11.1. The molecule has 0 aliphatic heterocycles. The molecule has 34 heavy (non-hydrogen) atoms. The Morgan fingerprint density at radius 3 is 1.26 bits per heavy atom. The van der Waals surface area contributed by atoms with Crippen LogP contribution < -0.4 is 0 Å². The molecule has 0 saturated carbocycles. The fourth-order valence-electron chi connectivity index (χ4n) is 2.91. The van der Waals surface area contributed by atoms with Gasteiger partial charge in [0.05, 0.1) is 27.1 Å². The van der Waals surface area contributed by atoms with E-state index in [1.54, 1.807) is 11.3 Å². The SMILES string of the molecule is C.C.C.C.Cc1nc(C(C)C)c(C)o1.Cc1nc(C(C)C)c(C)s1.Cc1nc(C(C)C)sc1C. The van der Waals surface area contributed by atoms with Crippen molar-refractivity contribution in [1.29, 1.82) is 0 Å². The molecule has 4 nitrogen and oxygen atoms in total.